The van der Waals surface area contributed by atoms with E-state index >= 15 is 0 Å². The van der Waals surface area contributed by atoms with Crippen molar-refractivity contribution in [2.45, 2.75) is 74.6 Å². The molecule has 2 heterocycles. The lowest BCUT2D eigenvalue weighted by Crippen LogP contribution is -2.69. The van der Waals surface area contributed by atoms with E-state index in [2.05, 4.69) is 5.32 Å². The average Bonchev–Trinajstić information content (AvgIpc) is 3.60. The molecule has 0 radical (unpaired) electrons. The number of methoxy groups -OCH3 is 1. The molecular formula is C62H57NO17. The van der Waals surface area contributed by atoms with Gasteiger partial charge in [0, 0.05) is 0 Å². The predicted molar refractivity (Wildman–Crippen MR) is 285 cm³/mol. The fourth-order valence-corrected chi connectivity index (χ4v) is 8.88. The second-order valence-electron chi connectivity index (χ2n) is 18.4. The number of nitrogens with one attached hydrogen (secondary N) is 1. The van der Waals surface area contributed by atoms with Crippen molar-refractivity contribution in [2.75, 3.05) is 20.3 Å². The summed E-state index contributed by atoms with van der Waals surface area (Å²) < 4.78 is 68.9. The van der Waals surface area contributed by atoms with Crippen LogP contribution in [0.15, 0.2) is 206 Å². The van der Waals surface area contributed by atoms with Crippen molar-refractivity contribution in [1.82, 2.24) is 5.32 Å². The Morgan fingerprint density at radius 1 is 0.450 bits per heavy atom. The normalized spacial score (nSPS) is 22.3. The number of rotatable bonds is 21. The van der Waals surface area contributed by atoms with Crippen LogP contribution in [0.2, 0.25) is 0 Å². The minimum atomic E-state index is -1.89. The van der Waals surface area contributed by atoms with Crippen LogP contribution in [0.3, 0.4) is 0 Å². The van der Waals surface area contributed by atoms with Gasteiger partial charge in [-0.1, -0.05) is 133 Å². The molecule has 0 aliphatic carbocycles. The summed E-state index contributed by atoms with van der Waals surface area (Å²) in [7, 11) is 1.52. The Labute approximate surface area is 460 Å². The second-order valence-corrected chi connectivity index (χ2v) is 18.4. The Bertz CT molecular complexity index is 3090. The number of carbonyl (C=O) groups excluding carboxylic acids is 5. The first-order valence-corrected chi connectivity index (χ1v) is 25.6. The summed E-state index contributed by atoms with van der Waals surface area (Å²) in [6.45, 7) is -1.27. The molecule has 7 aromatic carbocycles. The molecule has 0 unspecified atom stereocenters. The van der Waals surface area contributed by atoms with Gasteiger partial charge in [0.1, 0.15) is 61.8 Å². The summed E-state index contributed by atoms with van der Waals surface area (Å²) in [4.78, 5) is 70.8. The van der Waals surface area contributed by atoms with Crippen molar-refractivity contribution in [1.29, 1.82) is 0 Å². The zero-order valence-corrected chi connectivity index (χ0v) is 43.2. The minimum Gasteiger partial charge on any atom is -0.497 e. The highest BCUT2D eigenvalue weighted by atomic mass is 16.8. The SMILES string of the molecule is COc1ccc(OC[C@H]2O[C@H](O)[C@H](NC(=O)OCc3ccccc3)[C@@H](OCc3ccccc3)[C@@H]2O[C@@H]2O[C@H](COC(=O)c3ccccc3)[C@H](OC(=O)c3ccccc3)[C@H](OC(=O)c3ccccc3)[C@H]2OC(=O)c2ccccc2)cc1. The number of benzene rings is 7. The third kappa shape index (κ3) is 14.8. The highest BCUT2D eigenvalue weighted by molar-refractivity contribution is 5.91. The molecule has 18 nitrogen and oxygen atoms in total. The maximum absolute atomic E-state index is 14.5. The molecule has 412 valence electrons. The van der Waals surface area contributed by atoms with Gasteiger partial charge in [-0.3, -0.25) is 0 Å². The third-order valence-electron chi connectivity index (χ3n) is 13.0. The molecule has 2 saturated heterocycles. The number of aliphatic hydroxyl groups excluding tert-OH is 1. The molecule has 18 heteroatoms. The lowest BCUT2D eigenvalue weighted by molar-refractivity contribution is -0.346. The Hall–Kier alpha value is -8.91. The monoisotopic (exact) mass is 1090 g/mol. The zero-order valence-electron chi connectivity index (χ0n) is 43.2. The van der Waals surface area contributed by atoms with E-state index in [9.17, 15) is 29.1 Å². The standard InChI is InChI=1S/C62H57NO17/c1-70-46-32-34-47(35-33-46)71-38-48-51(53(72-36-40-20-8-2-9-21-40)50(60(68)75-48)63-62(69)74-37-41-22-10-3-11-23-41)80-61-55(79-59(67)45-30-18-7-19-31-45)54(78-58(66)44-28-16-6-17-29-44)52(77-57(65)43-26-14-5-15-27-43)49(76-61)39-73-56(64)42-24-12-4-13-25-42/h2-35,48-55,60-61,68H,36-39H2,1H3,(H,63,69)/t48-,49-,50-,51-,52+,53-,54+,55-,60+,61+/m1/s1. The van der Waals surface area contributed by atoms with Gasteiger partial charge in [-0.15, -0.1) is 0 Å². The Morgan fingerprint density at radius 3 is 1.40 bits per heavy atom. The number of carbonyl (C=O) groups is 5. The summed E-state index contributed by atoms with van der Waals surface area (Å²) in [5, 5.41) is 14.7. The second kappa shape index (κ2) is 27.6. The molecule has 2 aliphatic rings. The maximum Gasteiger partial charge on any atom is 0.407 e. The minimum absolute atomic E-state index is 0.0633. The van der Waals surface area contributed by atoms with Crippen LogP contribution in [-0.2, 0) is 55.8 Å². The topological polar surface area (TPSA) is 219 Å². The number of amides is 1. The van der Waals surface area contributed by atoms with E-state index < -0.39 is 97.9 Å². The molecule has 1 amide bonds. The van der Waals surface area contributed by atoms with Crippen molar-refractivity contribution < 1.29 is 81.2 Å². The Balaban J connectivity index is 1.15. The Morgan fingerprint density at radius 2 is 0.887 bits per heavy atom. The molecule has 2 fully saturated rings. The highest BCUT2D eigenvalue weighted by Crippen LogP contribution is 2.36. The van der Waals surface area contributed by atoms with E-state index in [1.807, 2.05) is 12.1 Å². The van der Waals surface area contributed by atoms with Crippen LogP contribution in [0.4, 0.5) is 4.79 Å². The number of hydrogen-bond donors (Lipinski definition) is 2. The summed E-state index contributed by atoms with van der Waals surface area (Å²) in [5.41, 5.74) is 1.76. The van der Waals surface area contributed by atoms with Gasteiger partial charge in [0.25, 0.3) is 0 Å². The molecule has 9 rings (SSSR count). The van der Waals surface area contributed by atoms with E-state index in [-0.39, 0.29) is 42.1 Å². The van der Waals surface area contributed by atoms with Crippen LogP contribution in [0.25, 0.3) is 0 Å². The first kappa shape index (κ1) is 55.8. The largest absolute Gasteiger partial charge is 0.497 e. The summed E-state index contributed by atoms with van der Waals surface area (Å²) >= 11 is 0. The molecule has 80 heavy (non-hydrogen) atoms. The molecule has 2 aliphatic heterocycles. The molecule has 7 aromatic rings. The fourth-order valence-electron chi connectivity index (χ4n) is 8.88. The number of esters is 4. The van der Waals surface area contributed by atoms with Crippen LogP contribution in [0.5, 0.6) is 11.5 Å². The van der Waals surface area contributed by atoms with Crippen molar-refractivity contribution in [3.8, 4) is 11.5 Å². The summed E-state index contributed by atoms with van der Waals surface area (Å²) in [6, 6.07) is 55.0. The Kier molecular flexibility index (Phi) is 19.3. The number of alkyl carbamates (subject to hydrolysis) is 1. The maximum atomic E-state index is 14.5. The first-order valence-electron chi connectivity index (χ1n) is 25.6. The van der Waals surface area contributed by atoms with E-state index in [1.165, 1.54) is 55.6 Å². The lowest BCUT2D eigenvalue weighted by Gasteiger charge is -2.49. The van der Waals surface area contributed by atoms with Crippen LogP contribution >= 0.6 is 0 Å². The number of ether oxygens (including phenoxy) is 11. The van der Waals surface area contributed by atoms with Gasteiger partial charge in [-0.2, -0.15) is 0 Å². The molecule has 2 N–H and O–H groups in total. The molecule has 0 bridgehead atoms. The van der Waals surface area contributed by atoms with Gasteiger partial charge >= 0.3 is 30.0 Å². The van der Waals surface area contributed by atoms with Crippen molar-refractivity contribution in [2.24, 2.45) is 0 Å². The molecule has 0 aromatic heterocycles. The van der Waals surface area contributed by atoms with Gasteiger partial charge in [-0.05, 0) is 83.9 Å². The van der Waals surface area contributed by atoms with E-state index in [4.69, 9.17) is 52.1 Å². The third-order valence-corrected chi connectivity index (χ3v) is 13.0. The van der Waals surface area contributed by atoms with Crippen molar-refractivity contribution >= 4 is 30.0 Å². The van der Waals surface area contributed by atoms with E-state index in [0.29, 0.717) is 22.6 Å². The van der Waals surface area contributed by atoms with Crippen molar-refractivity contribution in [3.05, 3.63) is 240 Å². The highest BCUT2D eigenvalue weighted by Gasteiger charge is 2.57. The summed E-state index contributed by atoms with van der Waals surface area (Å²) in [5.74, 6) is -2.66. The van der Waals surface area contributed by atoms with Crippen LogP contribution in [-0.4, -0.2) is 117 Å². The predicted octanol–water partition coefficient (Wildman–Crippen LogP) is 8.32. The zero-order chi connectivity index (χ0) is 55.6. The number of hydrogen-bond acceptors (Lipinski definition) is 17. The van der Waals surface area contributed by atoms with Gasteiger partial charge < -0.3 is 62.5 Å². The van der Waals surface area contributed by atoms with E-state index in [0.717, 1.165) is 0 Å². The summed E-state index contributed by atoms with van der Waals surface area (Å²) in [6.07, 6.45) is -15.8. The van der Waals surface area contributed by atoms with Gasteiger partial charge in [-0.25, -0.2) is 24.0 Å². The van der Waals surface area contributed by atoms with Gasteiger partial charge in [0.2, 0.25) is 0 Å². The van der Waals surface area contributed by atoms with Gasteiger partial charge in [0.05, 0.1) is 36.0 Å². The van der Waals surface area contributed by atoms with Crippen LogP contribution in [0, 0.1) is 0 Å². The molecular weight excluding hydrogens is 1030 g/mol. The molecule has 10 atom stereocenters. The smallest absolute Gasteiger partial charge is 0.407 e. The number of aliphatic hydroxyl groups is 1. The quantitative estimate of drug-likeness (QED) is 0.0510. The van der Waals surface area contributed by atoms with Crippen LogP contribution < -0.4 is 14.8 Å². The van der Waals surface area contributed by atoms with Crippen LogP contribution in [0.1, 0.15) is 52.6 Å². The van der Waals surface area contributed by atoms with Crippen molar-refractivity contribution in [3.63, 3.8) is 0 Å². The molecule has 0 saturated carbocycles. The molecule has 0 spiro atoms. The lowest BCUT2D eigenvalue weighted by atomic mass is 9.94. The fraction of sp³-hybridized carbons (Fsp3) is 0.242. The van der Waals surface area contributed by atoms with Gasteiger partial charge in [0.15, 0.2) is 30.9 Å². The van der Waals surface area contributed by atoms with E-state index in [1.54, 1.807) is 146 Å². The average molecular weight is 1090 g/mol. The first-order chi connectivity index (χ1) is 39.1.